The summed E-state index contributed by atoms with van der Waals surface area (Å²) in [4.78, 5) is 25.6. The van der Waals surface area contributed by atoms with Gasteiger partial charge in [-0.1, -0.05) is 12.1 Å². The first kappa shape index (κ1) is 23.8. The lowest BCUT2D eigenvalue weighted by atomic mass is 10.1. The van der Waals surface area contributed by atoms with Crippen LogP contribution >= 0.6 is 0 Å². The fourth-order valence-corrected chi connectivity index (χ4v) is 3.12. The molecule has 0 unspecified atom stereocenters. The second-order valence-corrected chi connectivity index (χ2v) is 7.25. The molecular weight excluding hydrogens is 422 g/mol. The molecule has 3 rings (SSSR count). The molecule has 0 saturated carbocycles. The van der Waals surface area contributed by atoms with Crippen LogP contribution in [0.1, 0.15) is 32.7 Å². The van der Waals surface area contributed by atoms with Crippen LogP contribution in [0.25, 0.3) is 0 Å². The summed E-state index contributed by atoms with van der Waals surface area (Å²) in [5.74, 6) is -0.0740. The lowest BCUT2D eigenvalue weighted by molar-refractivity contribution is 0.101. The number of aromatic hydroxyl groups is 1. The average Bonchev–Trinajstić information content (AvgIpc) is 2.82. The highest BCUT2D eigenvalue weighted by atomic mass is 16.5. The Hall–Kier alpha value is -3.88. The van der Waals surface area contributed by atoms with Gasteiger partial charge in [0, 0.05) is 29.6 Å². The van der Waals surface area contributed by atoms with E-state index in [1.165, 1.54) is 19.2 Å². The van der Waals surface area contributed by atoms with Gasteiger partial charge < -0.3 is 30.9 Å². The summed E-state index contributed by atoms with van der Waals surface area (Å²) in [5, 5.41) is 15.0. The molecule has 2 amide bonds. The van der Waals surface area contributed by atoms with Crippen LogP contribution in [0.3, 0.4) is 0 Å². The zero-order chi connectivity index (χ0) is 23.6. The Morgan fingerprint density at radius 1 is 0.970 bits per heavy atom. The molecule has 0 fully saturated rings. The van der Waals surface area contributed by atoms with Crippen molar-refractivity contribution in [3.8, 4) is 11.5 Å². The number of rotatable bonds is 10. The Morgan fingerprint density at radius 3 is 2.45 bits per heavy atom. The topological polar surface area (TPSA) is 123 Å². The van der Waals surface area contributed by atoms with Crippen LogP contribution in [0, 0.1) is 0 Å². The number of carbonyl (C=O) groups is 2. The smallest absolute Gasteiger partial charge is 0.259 e. The van der Waals surface area contributed by atoms with E-state index >= 15 is 0 Å². The number of hydrogen-bond donors (Lipinski definition) is 4. The molecule has 0 aliphatic carbocycles. The van der Waals surface area contributed by atoms with Crippen LogP contribution in [-0.2, 0) is 11.3 Å². The monoisotopic (exact) mass is 449 g/mol. The summed E-state index contributed by atoms with van der Waals surface area (Å²) < 4.78 is 11.0. The molecule has 8 nitrogen and oxygen atoms in total. The van der Waals surface area contributed by atoms with Gasteiger partial charge in [0.15, 0.2) is 0 Å². The highest BCUT2D eigenvalue weighted by Crippen LogP contribution is 2.24. The van der Waals surface area contributed by atoms with Crippen molar-refractivity contribution in [2.45, 2.75) is 13.0 Å². The maximum Gasteiger partial charge on any atom is 0.259 e. The second-order valence-electron chi connectivity index (χ2n) is 7.25. The number of phenolic OH excluding ortho intramolecular Hbond substituents is 1. The Kier molecular flexibility index (Phi) is 8.40. The summed E-state index contributed by atoms with van der Waals surface area (Å²) in [6.45, 7) is 1.12. The van der Waals surface area contributed by atoms with Gasteiger partial charge in [-0.2, -0.15) is 0 Å². The standard InChI is InChI=1S/C25H27N3O5/c1-32-16-18-15-17(24(30)27-19-8-10-20(29)11-9-19)7-12-22(18)28-25(31)21-5-2-3-6-23(21)33-14-4-13-26/h2-3,5-12,15,29H,4,13-14,16,26H2,1H3,(H,27,30)(H,28,31). The van der Waals surface area contributed by atoms with Gasteiger partial charge in [-0.15, -0.1) is 0 Å². The molecule has 0 aliphatic rings. The zero-order valence-corrected chi connectivity index (χ0v) is 18.3. The van der Waals surface area contributed by atoms with Crippen molar-refractivity contribution in [2.24, 2.45) is 5.73 Å². The highest BCUT2D eigenvalue weighted by Gasteiger charge is 2.16. The van der Waals surface area contributed by atoms with Gasteiger partial charge in [-0.05, 0) is 67.6 Å². The number of amides is 2. The normalized spacial score (nSPS) is 10.5. The van der Waals surface area contributed by atoms with Gasteiger partial charge in [-0.3, -0.25) is 9.59 Å². The van der Waals surface area contributed by atoms with Crippen molar-refractivity contribution in [1.82, 2.24) is 0 Å². The largest absolute Gasteiger partial charge is 0.508 e. The van der Waals surface area contributed by atoms with E-state index in [0.717, 1.165) is 0 Å². The minimum absolute atomic E-state index is 0.113. The predicted molar refractivity (Wildman–Crippen MR) is 127 cm³/mol. The van der Waals surface area contributed by atoms with Crippen LogP contribution in [0.15, 0.2) is 66.7 Å². The van der Waals surface area contributed by atoms with Crippen LogP contribution in [0.5, 0.6) is 11.5 Å². The quantitative estimate of drug-likeness (QED) is 0.276. The van der Waals surface area contributed by atoms with Crippen molar-refractivity contribution >= 4 is 23.2 Å². The summed E-state index contributed by atoms with van der Waals surface area (Å²) >= 11 is 0. The van der Waals surface area contributed by atoms with E-state index in [1.807, 2.05) is 0 Å². The first-order chi connectivity index (χ1) is 16.0. The third kappa shape index (κ3) is 6.55. The summed E-state index contributed by atoms with van der Waals surface area (Å²) in [6.07, 6.45) is 0.682. The molecular formula is C25H27N3O5. The van der Waals surface area contributed by atoms with Gasteiger partial charge in [0.2, 0.25) is 0 Å². The number of benzene rings is 3. The average molecular weight is 450 g/mol. The van der Waals surface area contributed by atoms with Crippen molar-refractivity contribution in [1.29, 1.82) is 0 Å². The van der Waals surface area contributed by atoms with E-state index in [0.29, 0.717) is 53.4 Å². The molecule has 3 aromatic rings. The molecule has 0 aliphatic heterocycles. The number of phenols is 1. The molecule has 3 aromatic carbocycles. The van der Waals surface area contributed by atoms with E-state index in [2.05, 4.69) is 10.6 Å². The Labute approximate surface area is 192 Å². The van der Waals surface area contributed by atoms with E-state index in [9.17, 15) is 14.7 Å². The molecule has 0 radical (unpaired) electrons. The van der Waals surface area contributed by atoms with Gasteiger partial charge in [0.25, 0.3) is 11.8 Å². The minimum atomic E-state index is -0.336. The molecule has 8 heteroatoms. The molecule has 0 spiro atoms. The molecule has 0 bridgehead atoms. The van der Waals surface area contributed by atoms with Crippen LogP contribution in [0.2, 0.25) is 0 Å². The van der Waals surface area contributed by atoms with Crippen LogP contribution in [0.4, 0.5) is 11.4 Å². The van der Waals surface area contributed by atoms with Gasteiger partial charge in [0.1, 0.15) is 11.5 Å². The van der Waals surface area contributed by atoms with E-state index in [4.69, 9.17) is 15.2 Å². The lowest BCUT2D eigenvalue weighted by Crippen LogP contribution is -2.17. The van der Waals surface area contributed by atoms with Gasteiger partial charge in [0.05, 0.1) is 18.8 Å². The number of nitrogens with one attached hydrogen (secondary N) is 2. The molecule has 0 saturated heterocycles. The van der Waals surface area contributed by atoms with Crippen molar-refractivity contribution in [3.05, 3.63) is 83.4 Å². The third-order valence-electron chi connectivity index (χ3n) is 4.78. The number of nitrogens with two attached hydrogens (primary N) is 1. The number of methoxy groups -OCH3 is 1. The Morgan fingerprint density at radius 2 is 1.73 bits per heavy atom. The van der Waals surface area contributed by atoms with Gasteiger partial charge in [-0.25, -0.2) is 0 Å². The van der Waals surface area contributed by atoms with Crippen LogP contribution in [-0.4, -0.2) is 37.2 Å². The van der Waals surface area contributed by atoms with Crippen molar-refractivity contribution in [3.63, 3.8) is 0 Å². The Balaban J connectivity index is 1.77. The molecule has 0 heterocycles. The molecule has 0 aromatic heterocycles. The SMILES string of the molecule is COCc1cc(C(=O)Nc2ccc(O)cc2)ccc1NC(=O)c1ccccc1OCCCN. The zero-order valence-electron chi connectivity index (χ0n) is 18.3. The number of ether oxygens (including phenoxy) is 2. The summed E-state index contributed by atoms with van der Waals surface area (Å²) in [5.41, 5.74) is 8.03. The molecule has 33 heavy (non-hydrogen) atoms. The van der Waals surface area contributed by atoms with E-state index in [1.54, 1.807) is 54.6 Å². The van der Waals surface area contributed by atoms with Crippen molar-refractivity contribution < 1.29 is 24.2 Å². The lowest BCUT2D eigenvalue weighted by Gasteiger charge is -2.15. The summed E-state index contributed by atoms with van der Waals surface area (Å²) in [7, 11) is 1.54. The highest BCUT2D eigenvalue weighted by molar-refractivity contribution is 6.08. The van der Waals surface area contributed by atoms with Crippen molar-refractivity contribution in [2.75, 3.05) is 30.9 Å². The number of para-hydroxylation sites is 1. The minimum Gasteiger partial charge on any atom is -0.508 e. The Bertz CT molecular complexity index is 1100. The molecule has 0 atom stereocenters. The number of hydrogen-bond acceptors (Lipinski definition) is 6. The van der Waals surface area contributed by atoms with Gasteiger partial charge >= 0.3 is 0 Å². The molecule has 172 valence electrons. The number of carbonyl (C=O) groups excluding carboxylic acids is 2. The third-order valence-corrected chi connectivity index (χ3v) is 4.78. The maximum absolute atomic E-state index is 13.0. The van der Waals surface area contributed by atoms with E-state index in [-0.39, 0.29) is 24.2 Å². The fraction of sp³-hybridized carbons (Fsp3) is 0.200. The first-order valence-electron chi connectivity index (χ1n) is 10.5. The predicted octanol–water partition coefficient (Wildman–Crippen LogP) is 3.77. The second kappa shape index (κ2) is 11.7. The van der Waals surface area contributed by atoms with Crippen LogP contribution < -0.4 is 21.1 Å². The van der Waals surface area contributed by atoms with E-state index < -0.39 is 0 Å². The first-order valence-corrected chi connectivity index (χ1v) is 10.5. The maximum atomic E-state index is 13.0. The summed E-state index contributed by atoms with van der Waals surface area (Å²) in [6, 6.07) is 18.1. The molecule has 5 N–H and O–H groups in total. The fourth-order valence-electron chi connectivity index (χ4n) is 3.12. The number of anilines is 2.